The molecule has 4 amide bonds. The van der Waals surface area contributed by atoms with Gasteiger partial charge in [0.2, 0.25) is 23.6 Å². The van der Waals surface area contributed by atoms with Gasteiger partial charge in [0, 0.05) is 27.8 Å². The van der Waals surface area contributed by atoms with E-state index >= 15 is 0 Å². The van der Waals surface area contributed by atoms with Crippen molar-refractivity contribution in [3.8, 4) is 0 Å². The van der Waals surface area contributed by atoms with Crippen molar-refractivity contribution < 1.29 is 33.8 Å². The number of amides is 4. The SMILES string of the molecule is CC[C@H](C)C(C(CC(=O)N1CCC[C@H]1C(OC)C(C)C(=O)N[C@H](C)[C@@H](O)c1ccccc1)OC)N(C)C(=O)[C@@H](NC(=O)[C@H](C(C)C)N(C)C)C(C)C. The molecule has 4 unspecified atom stereocenters. The Bertz CT molecular complexity index is 1270. The number of ether oxygens (including phenoxy) is 2. The van der Waals surface area contributed by atoms with Crippen LogP contribution in [0.4, 0.5) is 0 Å². The molecule has 1 aliphatic heterocycles. The summed E-state index contributed by atoms with van der Waals surface area (Å²) in [6.07, 6.45) is 0.148. The molecule has 2 rings (SSSR count). The first-order valence-electron chi connectivity index (χ1n) is 19.0. The fourth-order valence-electron chi connectivity index (χ4n) is 7.78. The number of aliphatic hydroxyl groups excluding tert-OH is 1. The van der Waals surface area contributed by atoms with Crippen LogP contribution in [0.1, 0.15) is 92.7 Å². The fourth-order valence-corrected chi connectivity index (χ4v) is 7.78. The molecule has 3 N–H and O–H groups in total. The van der Waals surface area contributed by atoms with Crippen LogP contribution in [0.3, 0.4) is 0 Å². The minimum absolute atomic E-state index is 0.0153. The molecule has 1 aliphatic rings. The number of hydrogen-bond donors (Lipinski definition) is 3. The van der Waals surface area contributed by atoms with Crippen LogP contribution < -0.4 is 10.6 Å². The third kappa shape index (κ3) is 11.5. The van der Waals surface area contributed by atoms with Crippen LogP contribution in [-0.4, -0.2) is 128 Å². The third-order valence-corrected chi connectivity index (χ3v) is 10.9. The van der Waals surface area contributed by atoms with Gasteiger partial charge in [0.15, 0.2) is 0 Å². The van der Waals surface area contributed by atoms with Crippen molar-refractivity contribution in [2.75, 3.05) is 41.9 Å². The summed E-state index contributed by atoms with van der Waals surface area (Å²) in [6.45, 7) is 16.0. The summed E-state index contributed by atoms with van der Waals surface area (Å²) >= 11 is 0. The van der Waals surface area contributed by atoms with E-state index in [9.17, 15) is 24.3 Å². The van der Waals surface area contributed by atoms with Crippen LogP contribution >= 0.6 is 0 Å². The number of carbonyl (C=O) groups excluding carboxylic acids is 4. The largest absolute Gasteiger partial charge is 0.386 e. The molecule has 1 heterocycles. The van der Waals surface area contributed by atoms with Crippen molar-refractivity contribution in [1.29, 1.82) is 0 Å². The van der Waals surface area contributed by atoms with Gasteiger partial charge in [-0.2, -0.15) is 0 Å². The topological polar surface area (TPSA) is 141 Å². The number of aliphatic hydroxyl groups is 1. The van der Waals surface area contributed by atoms with Gasteiger partial charge in [0.05, 0.1) is 54.8 Å². The predicted octanol–water partition coefficient (Wildman–Crippen LogP) is 3.87. The van der Waals surface area contributed by atoms with E-state index in [1.54, 1.807) is 44.9 Å². The van der Waals surface area contributed by atoms with Crippen LogP contribution in [0.25, 0.3) is 0 Å². The maximum atomic E-state index is 14.2. The Morgan fingerprint density at radius 3 is 2.02 bits per heavy atom. The second-order valence-electron chi connectivity index (χ2n) is 15.6. The first-order chi connectivity index (χ1) is 24.4. The minimum Gasteiger partial charge on any atom is -0.386 e. The number of nitrogens with one attached hydrogen (secondary N) is 2. The Morgan fingerprint density at radius 2 is 1.52 bits per heavy atom. The van der Waals surface area contributed by atoms with Crippen LogP contribution in [0, 0.1) is 23.7 Å². The second-order valence-corrected chi connectivity index (χ2v) is 15.6. The van der Waals surface area contributed by atoms with E-state index in [1.807, 2.05) is 90.9 Å². The van der Waals surface area contributed by atoms with E-state index in [4.69, 9.17) is 9.47 Å². The molecule has 12 heteroatoms. The minimum atomic E-state index is -0.876. The van der Waals surface area contributed by atoms with Crippen molar-refractivity contribution in [2.24, 2.45) is 23.7 Å². The number of nitrogens with zero attached hydrogens (tertiary/aromatic N) is 3. The van der Waals surface area contributed by atoms with E-state index in [0.717, 1.165) is 12.8 Å². The maximum absolute atomic E-state index is 14.2. The van der Waals surface area contributed by atoms with E-state index in [1.165, 1.54) is 0 Å². The van der Waals surface area contributed by atoms with E-state index in [-0.39, 0.29) is 53.8 Å². The standard InChI is InChI=1S/C40H69N5O7/c1-14-26(6)35(44(11)40(50)33(24(2)3)42-39(49)34(25(4)5)43(9)10)31(51-12)23-32(46)45-22-18-21-30(45)37(52-13)27(7)38(48)41-28(8)36(47)29-19-16-15-17-20-29/h15-17,19-20,24-28,30-31,33-37,47H,14,18,21-23H2,1-13H3,(H,41,48)(H,42,49)/t26-,27?,28+,30-,31?,33-,34-,35?,36+,37?/m0/s1. The van der Waals surface area contributed by atoms with Crippen LogP contribution in [-0.2, 0) is 28.7 Å². The highest BCUT2D eigenvalue weighted by molar-refractivity contribution is 5.90. The highest BCUT2D eigenvalue weighted by atomic mass is 16.5. The third-order valence-electron chi connectivity index (χ3n) is 10.9. The van der Waals surface area contributed by atoms with E-state index < -0.39 is 48.4 Å². The average molecular weight is 732 g/mol. The Morgan fingerprint density at radius 1 is 0.904 bits per heavy atom. The zero-order valence-electron chi connectivity index (χ0n) is 34.1. The highest BCUT2D eigenvalue weighted by Gasteiger charge is 2.43. The molecule has 296 valence electrons. The lowest BCUT2D eigenvalue weighted by Crippen LogP contribution is -2.59. The van der Waals surface area contributed by atoms with Gasteiger partial charge in [-0.15, -0.1) is 0 Å². The number of carbonyl (C=O) groups is 4. The molecule has 0 spiro atoms. The summed E-state index contributed by atoms with van der Waals surface area (Å²) in [7, 11) is 8.57. The number of benzene rings is 1. The van der Waals surface area contributed by atoms with Crippen molar-refractivity contribution in [1.82, 2.24) is 25.3 Å². The van der Waals surface area contributed by atoms with Crippen LogP contribution in [0.15, 0.2) is 30.3 Å². The second kappa shape index (κ2) is 21.0. The lowest BCUT2D eigenvalue weighted by molar-refractivity contribution is -0.148. The van der Waals surface area contributed by atoms with Gasteiger partial charge < -0.3 is 35.0 Å². The molecule has 1 aromatic rings. The summed E-state index contributed by atoms with van der Waals surface area (Å²) in [5, 5.41) is 16.8. The number of likely N-dealkylation sites (N-methyl/N-ethyl adjacent to an activating group) is 2. The molecule has 0 aromatic heterocycles. The zero-order valence-corrected chi connectivity index (χ0v) is 34.1. The summed E-state index contributed by atoms with van der Waals surface area (Å²) in [5.74, 6) is -1.57. The van der Waals surface area contributed by atoms with Crippen molar-refractivity contribution >= 4 is 23.6 Å². The first kappa shape index (κ1) is 45.1. The molecule has 0 bridgehead atoms. The molecule has 0 aliphatic carbocycles. The maximum Gasteiger partial charge on any atom is 0.245 e. The van der Waals surface area contributed by atoms with Gasteiger partial charge in [-0.25, -0.2) is 0 Å². The Kier molecular flexibility index (Phi) is 18.2. The number of likely N-dealkylation sites (tertiary alicyclic amines) is 1. The molecular weight excluding hydrogens is 662 g/mol. The van der Waals surface area contributed by atoms with Crippen molar-refractivity contribution in [3.63, 3.8) is 0 Å². The Hall–Kier alpha value is -3.06. The van der Waals surface area contributed by atoms with Gasteiger partial charge in [-0.05, 0) is 57.2 Å². The van der Waals surface area contributed by atoms with E-state index in [0.29, 0.717) is 18.5 Å². The molecule has 0 saturated carbocycles. The van der Waals surface area contributed by atoms with Gasteiger partial charge in [-0.3, -0.25) is 24.1 Å². The van der Waals surface area contributed by atoms with Gasteiger partial charge >= 0.3 is 0 Å². The number of rotatable bonds is 20. The van der Waals surface area contributed by atoms with Crippen molar-refractivity contribution in [2.45, 2.75) is 130 Å². The summed E-state index contributed by atoms with van der Waals surface area (Å²) < 4.78 is 11.9. The lowest BCUT2D eigenvalue weighted by atomic mass is 9.89. The van der Waals surface area contributed by atoms with Gasteiger partial charge in [-0.1, -0.05) is 85.2 Å². The smallest absolute Gasteiger partial charge is 0.245 e. The number of hydrogen-bond acceptors (Lipinski definition) is 8. The lowest BCUT2D eigenvalue weighted by Gasteiger charge is -2.41. The highest BCUT2D eigenvalue weighted by Crippen LogP contribution is 2.30. The molecule has 1 saturated heterocycles. The summed E-state index contributed by atoms with van der Waals surface area (Å²) in [6, 6.07) is 6.72. The Balaban J connectivity index is 2.25. The summed E-state index contributed by atoms with van der Waals surface area (Å²) in [5.41, 5.74) is 0.711. The Labute approximate surface area is 313 Å². The normalized spacial score (nSPS) is 20.1. The zero-order chi connectivity index (χ0) is 39.4. The molecule has 12 nitrogen and oxygen atoms in total. The fraction of sp³-hybridized carbons (Fsp3) is 0.750. The molecule has 52 heavy (non-hydrogen) atoms. The number of methoxy groups -OCH3 is 2. The van der Waals surface area contributed by atoms with Crippen molar-refractivity contribution in [3.05, 3.63) is 35.9 Å². The van der Waals surface area contributed by atoms with Gasteiger partial charge in [0.25, 0.3) is 0 Å². The average Bonchev–Trinajstić information content (AvgIpc) is 3.59. The molecule has 0 radical (unpaired) electrons. The molecule has 1 fully saturated rings. The first-order valence-corrected chi connectivity index (χ1v) is 19.0. The molecule has 10 atom stereocenters. The summed E-state index contributed by atoms with van der Waals surface area (Å²) in [4.78, 5) is 60.6. The predicted molar refractivity (Wildman–Crippen MR) is 204 cm³/mol. The van der Waals surface area contributed by atoms with E-state index in [2.05, 4.69) is 10.6 Å². The van der Waals surface area contributed by atoms with Crippen LogP contribution in [0.2, 0.25) is 0 Å². The molecule has 1 aromatic carbocycles. The monoisotopic (exact) mass is 732 g/mol. The molecular formula is C40H69N5O7. The quantitative estimate of drug-likeness (QED) is 0.184. The van der Waals surface area contributed by atoms with Gasteiger partial charge in [0.1, 0.15) is 6.04 Å². The van der Waals surface area contributed by atoms with Crippen LogP contribution in [0.5, 0.6) is 0 Å².